The molecule has 1 fully saturated rings. The molecule has 0 spiro atoms. The largest absolute Gasteiger partial charge is 0.316 e. The van der Waals surface area contributed by atoms with Crippen LogP contribution in [0.3, 0.4) is 0 Å². The molecule has 1 N–H and O–H groups in total. The molecule has 2 unspecified atom stereocenters. The van der Waals surface area contributed by atoms with Gasteiger partial charge in [-0.15, -0.1) is 0 Å². The van der Waals surface area contributed by atoms with E-state index in [1.165, 1.54) is 0 Å². The number of sulfone groups is 1. The molecule has 0 aromatic heterocycles. The number of hydrogen-bond donors (Lipinski definition) is 1. The van der Waals surface area contributed by atoms with Crippen LogP contribution in [0.5, 0.6) is 0 Å². The third-order valence-electron chi connectivity index (χ3n) is 4.01. The third kappa shape index (κ3) is 6.23. The van der Waals surface area contributed by atoms with Gasteiger partial charge >= 0.3 is 0 Å². The van der Waals surface area contributed by atoms with E-state index in [4.69, 9.17) is 0 Å². The molecule has 1 heterocycles. The highest BCUT2D eigenvalue weighted by atomic mass is 32.2. The van der Waals surface area contributed by atoms with E-state index in [0.717, 1.165) is 32.4 Å². The summed E-state index contributed by atoms with van der Waals surface area (Å²) in [5.41, 5.74) is 0. The molecule has 0 saturated carbocycles. The molecule has 0 aromatic carbocycles. The average molecular weight is 290 g/mol. The van der Waals surface area contributed by atoms with E-state index in [2.05, 4.69) is 38.0 Å². The van der Waals surface area contributed by atoms with Gasteiger partial charge in [0.1, 0.15) is 0 Å². The van der Waals surface area contributed by atoms with Gasteiger partial charge in [0.25, 0.3) is 0 Å². The molecular weight excluding hydrogens is 260 g/mol. The highest BCUT2D eigenvalue weighted by molar-refractivity contribution is 7.91. The molecule has 114 valence electrons. The Balaban J connectivity index is 2.20. The molecule has 1 saturated heterocycles. The summed E-state index contributed by atoms with van der Waals surface area (Å²) in [6, 6.07) is 0.683. The zero-order valence-electron chi connectivity index (χ0n) is 12.9. The van der Waals surface area contributed by atoms with E-state index < -0.39 is 9.84 Å². The highest BCUT2D eigenvalue weighted by Crippen LogP contribution is 2.19. The van der Waals surface area contributed by atoms with Gasteiger partial charge in [0.15, 0.2) is 9.84 Å². The van der Waals surface area contributed by atoms with E-state index in [1.54, 1.807) is 0 Å². The fourth-order valence-electron chi connectivity index (χ4n) is 2.57. The van der Waals surface area contributed by atoms with E-state index in [0.29, 0.717) is 23.5 Å². The molecule has 0 radical (unpaired) electrons. The molecule has 19 heavy (non-hydrogen) atoms. The zero-order valence-corrected chi connectivity index (χ0v) is 13.7. The van der Waals surface area contributed by atoms with E-state index >= 15 is 0 Å². The maximum Gasteiger partial charge on any atom is 0.151 e. The van der Waals surface area contributed by atoms with Crippen molar-refractivity contribution in [3.8, 4) is 0 Å². The minimum absolute atomic E-state index is 0.226. The Labute approximate surface area is 118 Å². The molecule has 1 aliphatic rings. The Bertz CT molecular complexity index is 354. The molecule has 0 amide bonds. The number of hydrogen-bond acceptors (Lipinski definition) is 4. The van der Waals surface area contributed by atoms with Crippen molar-refractivity contribution in [1.29, 1.82) is 0 Å². The Hall–Kier alpha value is -0.130. The summed E-state index contributed by atoms with van der Waals surface area (Å²) < 4.78 is 23.0. The normalized spacial score (nSPS) is 24.2. The summed E-state index contributed by atoms with van der Waals surface area (Å²) in [6.45, 7) is 8.76. The molecule has 0 aromatic rings. The van der Waals surface area contributed by atoms with Gasteiger partial charge in [0, 0.05) is 12.1 Å². The topological polar surface area (TPSA) is 49.4 Å². The smallest absolute Gasteiger partial charge is 0.151 e. The van der Waals surface area contributed by atoms with Crippen LogP contribution in [0.15, 0.2) is 0 Å². The first-order valence-electron chi connectivity index (χ1n) is 7.45. The van der Waals surface area contributed by atoms with Crippen molar-refractivity contribution >= 4 is 9.84 Å². The third-order valence-corrected chi connectivity index (χ3v) is 5.76. The Kier molecular flexibility index (Phi) is 6.77. The van der Waals surface area contributed by atoms with Gasteiger partial charge in [0.2, 0.25) is 0 Å². The van der Waals surface area contributed by atoms with Crippen LogP contribution < -0.4 is 5.32 Å². The second-order valence-corrected chi connectivity index (χ2v) is 8.54. The lowest BCUT2D eigenvalue weighted by Crippen LogP contribution is -2.39. The van der Waals surface area contributed by atoms with Crippen molar-refractivity contribution in [3.05, 3.63) is 0 Å². The van der Waals surface area contributed by atoms with Crippen LogP contribution in [0, 0.1) is 5.92 Å². The lowest BCUT2D eigenvalue weighted by Gasteiger charge is -2.30. The first-order chi connectivity index (χ1) is 8.82. The maximum atomic E-state index is 11.5. The predicted octanol–water partition coefficient (Wildman–Crippen LogP) is 1.52. The summed E-state index contributed by atoms with van der Waals surface area (Å²) in [5, 5.41) is 3.45. The monoisotopic (exact) mass is 290 g/mol. The Morgan fingerprint density at radius 3 is 2.53 bits per heavy atom. The minimum atomic E-state index is -2.77. The molecule has 2 atom stereocenters. The van der Waals surface area contributed by atoms with Crippen LogP contribution in [0.1, 0.15) is 40.0 Å². The van der Waals surface area contributed by atoms with Crippen molar-refractivity contribution < 1.29 is 8.42 Å². The lowest BCUT2D eigenvalue weighted by atomic mass is 10.1. The molecule has 4 nitrogen and oxygen atoms in total. The Morgan fingerprint density at radius 1 is 1.32 bits per heavy atom. The molecule has 1 aliphatic heterocycles. The maximum absolute atomic E-state index is 11.5. The van der Waals surface area contributed by atoms with Gasteiger partial charge in [-0.05, 0) is 52.2 Å². The van der Waals surface area contributed by atoms with Crippen molar-refractivity contribution in [2.24, 2.45) is 5.92 Å². The van der Waals surface area contributed by atoms with E-state index in [9.17, 15) is 8.42 Å². The van der Waals surface area contributed by atoms with Crippen molar-refractivity contribution in [2.45, 2.75) is 52.1 Å². The second-order valence-electron chi connectivity index (χ2n) is 6.31. The highest BCUT2D eigenvalue weighted by Gasteiger charge is 2.32. The summed E-state index contributed by atoms with van der Waals surface area (Å²) in [4.78, 5) is 2.26. The van der Waals surface area contributed by atoms with Gasteiger partial charge in [-0.2, -0.15) is 0 Å². The van der Waals surface area contributed by atoms with Crippen molar-refractivity contribution in [3.63, 3.8) is 0 Å². The molecule has 5 heteroatoms. The first kappa shape index (κ1) is 16.9. The van der Waals surface area contributed by atoms with Gasteiger partial charge in [-0.25, -0.2) is 8.42 Å². The average Bonchev–Trinajstić information content (AvgIpc) is 2.67. The fraction of sp³-hybridized carbons (Fsp3) is 1.00. The SMILES string of the molecule is CC(C)CNCCCC(C)N(C)C1CCS(=O)(=O)C1. The summed E-state index contributed by atoms with van der Waals surface area (Å²) in [7, 11) is -0.699. The molecule has 1 rings (SSSR count). The summed E-state index contributed by atoms with van der Waals surface area (Å²) in [6.07, 6.45) is 3.07. The number of nitrogens with one attached hydrogen (secondary N) is 1. The van der Waals surface area contributed by atoms with Crippen LogP contribution in [0.25, 0.3) is 0 Å². The molecule has 0 aliphatic carbocycles. The standard InChI is InChI=1S/C14H30N2O2S/c1-12(2)10-15-8-5-6-13(3)16(4)14-7-9-19(17,18)11-14/h12-15H,5-11H2,1-4H3. The van der Waals surface area contributed by atoms with Crippen LogP contribution in [-0.2, 0) is 9.84 Å². The summed E-state index contributed by atoms with van der Waals surface area (Å²) >= 11 is 0. The van der Waals surface area contributed by atoms with Crippen LogP contribution >= 0.6 is 0 Å². The second kappa shape index (κ2) is 7.60. The van der Waals surface area contributed by atoms with Crippen LogP contribution in [0.4, 0.5) is 0 Å². The molecule has 0 bridgehead atoms. The first-order valence-corrected chi connectivity index (χ1v) is 9.27. The zero-order chi connectivity index (χ0) is 14.5. The van der Waals surface area contributed by atoms with E-state index in [-0.39, 0.29) is 6.04 Å². The fourth-order valence-corrected chi connectivity index (χ4v) is 4.36. The van der Waals surface area contributed by atoms with Gasteiger partial charge < -0.3 is 5.32 Å². The molecular formula is C14H30N2O2S. The van der Waals surface area contributed by atoms with Gasteiger partial charge in [-0.1, -0.05) is 13.8 Å². The van der Waals surface area contributed by atoms with E-state index in [1.807, 2.05) is 0 Å². The van der Waals surface area contributed by atoms with Crippen molar-refractivity contribution in [1.82, 2.24) is 10.2 Å². The van der Waals surface area contributed by atoms with Crippen LogP contribution in [0.2, 0.25) is 0 Å². The lowest BCUT2D eigenvalue weighted by molar-refractivity contribution is 0.188. The predicted molar refractivity (Wildman–Crippen MR) is 81.2 cm³/mol. The van der Waals surface area contributed by atoms with Crippen molar-refractivity contribution in [2.75, 3.05) is 31.6 Å². The van der Waals surface area contributed by atoms with Gasteiger partial charge in [0.05, 0.1) is 11.5 Å². The Morgan fingerprint density at radius 2 is 2.00 bits per heavy atom. The van der Waals surface area contributed by atoms with Crippen LogP contribution in [-0.4, -0.2) is 57.0 Å². The quantitative estimate of drug-likeness (QED) is 0.689. The number of nitrogens with zero attached hydrogens (tertiary/aromatic N) is 1. The van der Waals surface area contributed by atoms with Gasteiger partial charge in [-0.3, -0.25) is 4.90 Å². The number of rotatable bonds is 8. The minimum Gasteiger partial charge on any atom is -0.316 e. The summed E-state index contributed by atoms with van der Waals surface area (Å²) in [5.74, 6) is 1.41.